The molecule has 19 heavy (non-hydrogen) atoms. The predicted molar refractivity (Wildman–Crippen MR) is 66.9 cm³/mol. The van der Waals surface area contributed by atoms with Crippen LogP contribution >= 0.6 is 0 Å². The molecule has 0 amide bonds. The lowest BCUT2D eigenvalue weighted by Gasteiger charge is -2.25. The number of carboxylic acid groups (broad SMARTS) is 1. The van der Waals surface area contributed by atoms with Crippen LogP contribution < -0.4 is 0 Å². The second-order valence-corrected chi connectivity index (χ2v) is 6.12. The van der Waals surface area contributed by atoms with E-state index in [2.05, 4.69) is 0 Å². The first-order chi connectivity index (χ1) is 9.00. The van der Waals surface area contributed by atoms with Crippen molar-refractivity contribution in [3.8, 4) is 0 Å². The minimum absolute atomic E-state index is 0.114. The lowest BCUT2D eigenvalue weighted by atomic mass is 10.2. The zero-order chi connectivity index (χ0) is 13.9. The Hall–Kier alpha value is -1.44. The summed E-state index contributed by atoms with van der Waals surface area (Å²) in [5, 5.41) is 8.65. The van der Waals surface area contributed by atoms with Gasteiger partial charge in [0, 0.05) is 6.54 Å². The average molecular weight is 285 g/mol. The third-order valence-electron chi connectivity index (χ3n) is 2.81. The number of carboxylic acids is 1. The van der Waals surface area contributed by atoms with Gasteiger partial charge < -0.3 is 5.11 Å². The van der Waals surface area contributed by atoms with Gasteiger partial charge in [0.1, 0.15) is 0 Å². The van der Waals surface area contributed by atoms with Gasteiger partial charge in [-0.3, -0.25) is 9.63 Å². The fraction of sp³-hybridized carbons (Fsp3) is 0.417. The van der Waals surface area contributed by atoms with E-state index in [0.29, 0.717) is 18.7 Å². The van der Waals surface area contributed by atoms with Crippen LogP contribution in [0.25, 0.3) is 0 Å². The van der Waals surface area contributed by atoms with Gasteiger partial charge in [0.05, 0.1) is 17.9 Å². The van der Waals surface area contributed by atoms with Crippen molar-refractivity contribution in [2.75, 3.05) is 13.2 Å². The quantitative estimate of drug-likeness (QED) is 0.893. The Morgan fingerprint density at radius 1 is 1.26 bits per heavy atom. The molecule has 0 radical (unpaired) electrons. The SMILES string of the molecule is O=C(O)Cc1ccc(S(=O)(=O)N2CCCCO2)cc1. The molecule has 2 rings (SSSR count). The highest BCUT2D eigenvalue weighted by Crippen LogP contribution is 2.20. The molecular weight excluding hydrogens is 270 g/mol. The van der Waals surface area contributed by atoms with E-state index in [1.165, 1.54) is 24.3 Å². The first-order valence-electron chi connectivity index (χ1n) is 5.96. The lowest BCUT2D eigenvalue weighted by molar-refractivity contribution is -0.136. The smallest absolute Gasteiger partial charge is 0.307 e. The lowest BCUT2D eigenvalue weighted by Crippen LogP contribution is -2.35. The largest absolute Gasteiger partial charge is 0.481 e. The highest BCUT2D eigenvalue weighted by molar-refractivity contribution is 7.89. The Bertz CT molecular complexity index is 546. The summed E-state index contributed by atoms with van der Waals surface area (Å²) in [5.41, 5.74) is 0.561. The Kier molecular flexibility index (Phi) is 4.18. The number of aliphatic carboxylic acids is 1. The monoisotopic (exact) mass is 285 g/mol. The van der Waals surface area contributed by atoms with Gasteiger partial charge in [0.25, 0.3) is 10.0 Å². The molecular formula is C12H15NO5S. The van der Waals surface area contributed by atoms with E-state index >= 15 is 0 Å². The Morgan fingerprint density at radius 3 is 2.47 bits per heavy atom. The van der Waals surface area contributed by atoms with Crippen molar-refractivity contribution < 1.29 is 23.2 Å². The summed E-state index contributed by atoms with van der Waals surface area (Å²) in [7, 11) is -3.64. The van der Waals surface area contributed by atoms with E-state index in [4.69, 9.17) is 9.94 Å². The van der Waals surface area contributed by atoms with Crippen molar-refractivity contribution in [1.82, 2.24) is 4.47 Å². The number of carbonyl (C=O) groups is 1. The van der Waals surface area contributed by atoms with Gasteiger partial charge in [-0.1, -0.05) is 16.6 Å². The summed E-state index contributed by atoms with van der Waals surface area (Å²) in [6, 6.07) is 5.83. The van der Waals surface area contributed by atoms with Gasteiger partial charge in [-0.15, -0.1) is 0 Å². The molecule has 1 aliphatic rings. The fourth-order valence-electron chi connectivity index (χ4n) is 1.83. The molecule has 0 spiro atoms. The molecule has 1 aromatic carbocycles. The van der Waals surface area contributed by atoms with Crippen LogP contribution in [0, 0.1) is 0 Å². The topological polar surface area (TPSA) is 83.9 Å². The Morgan fingerprint density at radius 2 is 1.95 bits per heavy atom. The van der Waals surface area contributed by atoms with Gasteiger partial charge in [-0.05, 0) is 30.5 Å². The molecule has 104 valence electrons. The second-order valence-electron chi connectivity index (χ2n) is 4.29. The molecule has 7 heteroatoms. The van der Waals surface area contributed by atoms with Gasteiger partial charge in [-0.2, -0.15) is 0 Å². The van der Waals surface area contributed by atoms with Crippen LogP contribution in [0.1, 0.15) is 18.4 Å². The van der Waals surface area contributed by atoms with Crippen molar-refractivity contribution in [1.29, 1.82) is 0 Å². The molecule has 0 atom stereocenters. The van der Waals surface area contributed by atoms with Crippen molar-refractivity contribution in [3.63, 3.8) is 0 Å². The number of sulfonamides is 1. The van der Waals surface area contributed by atoms with E-state index in [1.807, 2.05) is 0 Å². The molecule has 1 heterocycles. The summed E-state index contributed by atoms with van der Waals surface area (Å²) < 4.78 is 25.4. The molecule has 1 aromatic rings. The maximum absolute atomic E-state index is 12.2. The molecule has 0 unspecified atom stereocenters. The molecule has 1 saturated heterocycles. The summed E-state index contributed by atoms with van der Waals surface area (Å²) in [5.74, 6) is -0.949. The molecule has 0 aliphatic carbocycles. The van der Waals surface area contributed by atoms with E-state index < -0.39 is 16.0 Å². The molecule has 0 aromatic heterocycles. The van der Waals surface area contributed by atoms with E-state index in [0.717, 1.165) is 17.3 Å². The summed E-state index contributed by atoms with van der Waals surface area (Å²) >= 11 is 0. The van der Waals surface area contributed by atoms with Crippen molar-refractivity contribution in [2.45, 2.75) is 24.2 Å². The first-order valence-corrected chi connectivity index (χ1v) is 7.40. The fourth-order valence-corrected chi connectivity index (χ4v) is 3.13. The third-order valence-corrected chi connectivity index (χ3v) is 4.51. The number of hydrogen-bond acceptors (Lipinski definition) is 4. The predicted octanol–water partition coefficient (Wildman–Crippen LogP) is 1.03. The zero-order valence-corrected chi connectivity index (χ0v) is 11.1. The summed E-state index contributed by atoms with van der Waals surface area (Å²) in [6.07, 6.45) is 1.50. The molecule has 0 bridgehead atoms. The highest BCUT2D eigenvalue weighted by atomic mass is 32.2. The standard InChI is InChI=1S/C12H15NO5S/c14-12(15)9-10-3-5-11(6-4-10)19(16,17)13-7-1-2-8-18-13/h3-6H,1-2,7-9H2,(H,14,15). The molecule has 0 saturated carbocycles. The Balaban J connectivity index is 2.18. The zero-order valence-electron chi connectivity index (χ0n) is 10.3. The number of rotatable bonds is 4. The van der Waals surface area contributed by atoms with Crippen LogP contribution in [0.15, 0.2) is 29.2 Å². The van der Waals surface area contributed by atoms with Crippen LogP contribution in [0.2, 0.25) is 0 Å². The van der Waals surface area contributed by atoms with Crippen LogP contribution in [0.4, 0.5) is 0 Å². The van der Waals surface area contributed by atoms with Crippen LogP contribution in [0.5, 0.6) is 0 Å². The van der Waals surface area contributed by atoms with Gasteiger partial charge >= 0.3 is 5.97 Å². The van der Waals surface area contributed by atoms with Crippen LogP contribution in [-0.4, -0.2) is 37.1 Å². The molecule has 1 N–H and O–H groups in total. The van der Waals surface area contributed by atoms with E-state index in [1.54, 1.807) is 0 Å². The molecule has 6 nitrogen and oxygen atoms in total. The number of hydroxylamine groups is 1. The van der Waals surface area contributed by atoms with E-state index in [-0.39, 0.29) is 11.3 Å². The average Bonchev–Trinajstić information content (AvgIpc) is 2.40. The molecule has 1 fully saturated rings. The van der Waals surface area contributed by atoms with Crippen molar-refractivity contribution >= 4 is 16.0 Å². The highest BCUT2D eigenvalue weighted by Gasteiger charge is 2.27. The van der Waals surface area contributed by atoms with Gasteiger partial charge in [0.15, 0.2) is 0 Å². The normalized spacial score (nSPS) is 17.3. The third kappa shape index (κ3) is 3.31. The number of nitrogens with zero attached hydrogens (tertiary/aromatic N) is 1. The van der Waals surface area contributed by atoms with Gasteiger partial charge in [0.2, 0.25) is 0 Å². The molecule has 1 aliphatic heterocycles. The Labute approximate surface area is 111 Å². The maximum Gasteiger partial charge on any atom is 0.307 e. The van der Waals surface area contributed by atoms with E-state index in [9.17, 15) is 13.2 Å². The number of benzene rings is 1. The number of hydrogen-bond donors (Lipinski definition) is 1. The summed E-state index contributed by atoms with van der Waals surface area (Å²) in [4.78, 5) is 15.8. The second kappa shape index (κ2) is 5.68. The maximum atomic E-state index is 12.2. The van der Waals surface area contributed by atoms with Crippen molar-refractivity contribution in [3.05, 3.63) is 29.8 Å². The minimum Gasteiger partial charge on any atom is -0.481 e. The van der Waals surface area contributed by atoms with Crippen LogP contribution in [0.3, 0.4) is 0 Å². The van der Waals surface area contributed by atoms with Crippen molar-refractivity contribution in [2.24, 2.45) is 0 Å². The first kappa shape index (κ1) is 14.0. The minimum atomic E-state index is -3.64. The summed E-state index contributed by atoms with van der Waals surface area (Å²) in [6.45, 7) is 0.746. The van der Waals surface area contributed by atoms with Crippen LogP contribution in [-0.2, 0) is 26.1 Å². The van der Waals surface area contributed by atoms with Gasteiger partial charge in [-0.25, -0.2) is 8.42 Å².